The van der Waals surface area contributed by atoms with E-state index in [2.05, 4.69) is 16.9 Å². The Hall–Kier alpha value is -1.15. The van der Waals surface area contributed by atoms with Crippen LogP contribution >= 0.6 is 11.6 Å². The third-order valence-corrected chi connectivity index (χ3v) is 2.25. The standard InChI is InChI=1S/C10H9ClN2/c1-2-9-8-5-7(11)3-4-10(8)13-6-12-9/h3-6H,2H2,1H3. The van der Waals surface area contributed by atoms with Gasteiger partial charge in [0.15, 0.2) is 0 Å². The van der Waals surface area contributed by atoms with Gasteiger partial charge in [-0.05, 0) is 24.6 Å². The van der Waals surface area contributed by atoms with Crippen LogP contribution in [0.5, 0.6) is 0 Å². The van der Waals surface area contributed by atoms with Crippen molar-refractivity contribution in [3.05, 3.63) is 35.2 Å². The summed E-state index contributed by atoms with van der Waals surface area (Å²) in [5.74, 6) is 0. The number of rotatable bonds is 1. The summed E-state index contributed by atoms with van der Waals surface area (Å²) < 4.78 is 0. The molecule has 0 N–H and O–H groups in total. The Morgan fingerprint density at radius 3 is 2.92 bits per heavy atom. The molecule has 0 aliphatic heterocycles. The topological polar surface area (TPSA) is 25.8 Å². The van der Waals surface area contributed by atoms with Gasteiger partial charge in [-0.3, -0.25) is 0 Å². The molecule has 1 aromatic heterocycles. The fourth-order valence-electron chi connectivity index (χ4n) is 1.36. The smallest absolute Gasteiger partial charge is 0.116 e. The molecule has 0 aliphatic carbocycles. The van der Waals surface area contributed by atoms with Crippen LogP contribution in [0, 0.1) is 0 Å². The largest absolute Gasteiger partial charge is 0.241 e. The number of aryl methyl sites for hydroxylation is 1. The first kappa shape index (κ1) is 8.45. The summed E-state index contributed by atoms with van der Waals surface area (Å²) in [5, 5.41) is 1.79. The van der Waals surface area contributed by atoms with E-state index in [-0.39, 0.29) is 0 Å². The number of fused-ring (bicyclic) bond motifs is 1. The molecule has 0 aliphatic rings. The van der Waals surface area contributed by atoms with Crippen molar-refractivity contribution in [3.63, 3.8) is 0 Å². The molecule has 66 valence electrons. The molecule has 2 rings (SSSR count). The monoisotopic (exact) mass is 192 g/mol. The van der Waals surface area contributed by atoms with Crippen LogP contribution in [0.3, 0.4) is 0 Å². The van der Waals surface area contributed by atoms with E-state index in [1.54, 1.807) is 6.33 Å². The van der Waals surface area contributed by atoms with Crippen molar-refractivity contribution in [3.8, 4) is 0 Å². The molecule has 0 radical (unpaired) electrons. The third-order valence-electron chi connectivity index (χ3n) is 2.01. The molecule has 3 heteroatoms. The van der Waals surface area contributed by atoms with Crippen molar-refractivity contribution in [1.29, 1.82) is 0 Å². The first-order valence-electron chi connectivity index (χ1n) is 4.20. The minimum absolute atomic E-state index is 0.733. The van der Waals surface area contributed by atoms with Gasteiger partial charge in [0.1, 0.15) is 6.33 Å². The second-order valence-electron chi connectivity index (χ2n) is 2.84. The van der Waals surface area contributed by atoms with Gasteiger partial charge >= 0.3 is 0 Å². The Bertz CT molecular complexity index is 440. The highest BCUT2D eigenvalue weighted by atomic mass is 35.5. The van der Waals surface area contributed by atoms with E-state index >= 15 is 0 Å². The highest BCUT2D eigenvalue weighted by Gasteiger charge is 2.01. The summed E-state index contributed by atoms with van der Waals surface area (Å²) >= 11 is 5.89. The maximum Gasteiger partial charge on any atom is 0.116 e. The van der Waals surface area contributed by atoms with E-state index in [9.17, 15) is 0 Å². The number of benzene rings is 1. The van der Waals surface area contributed by atoms with Crippen molar-refractivity contribution >= 4 is 22.5 Å². The molecule has 0 bridgehead atoms. The fraction of sp³-hybridized carbons (Fsp3) is 0.200. The Morgan fingerprint density at radius 1 is 1.31 bits per heavy atom. The first-order valence-corrected chi connectivity index (χ1v) is 4.58. The number of nitrogens with zero attached hydrogens (tertiary/aromatic N) is 2. The van der Waals surface area contributed by atoms with Crippen LogP contribution in [0.1, 0.15) is 12.6 Å². The van der Waals surface area contributed by atoms with Gasteiger partial charge in [-0.1, -0.05) is 18.5 Å². The highest BCUT2D eigenvalue weighted by molar-refractivity contribution is 6.31. The molecular formula is C10H9ClN2. The summed E-state index contributed by atoms with van der Waals surface area (Å²) in [6.45, 7) is 2.07. The van der Waals surface area contributed by atoms with Crippen molar-refractivity contribution in [2.45, 2.75) is 13.3 Å². The van der Waals surface area contributed by atoms with Crippen LogP contribution in [0.15, 0.2) is 24.5 Å². The normalized spacial score (nSPS) is 10.6. The van der Waals surface area contributed by atoms with Gasteiger partial charge in [-0.2, -0.15) is 0 Å². The summed E-state index contributed by atoms with van der Waals surface area (Å²) in [7, 11) is 0. The zero-order valence-corrected chi connectivity index (χ0v) is 8.04. The lowest BCUT2D eigenvalue weighted by molar-refractivity contribution is 1.03. The zero-order chi connectivity index (χ0) is 9.26. The molecule has 0 fully saturated rings. The van der Waals surface area contributed by atoms with Crippen LogP contribution in [-0.2, 0) is 6.42 Å². The molecule has 0 saturated heterocycles. The van der Waals surface area contributed by atoms with E-state index in [1.807, 2.05) is 18.2 Å². The molecule has 2 nitrogen and oxygen atoms in total. The predicted octanol–water partition coefficient (Wildman–Crippen LogP) is 2.85. The maximum absolute atomic E-state index is 5.89. The van der Waals surface area contributed by atoms with E-state index in [0.717, 1.165) is 28.0 Å². The fourth-order valence-corrected chi connectivity index (χ4v) is 1.54. The number of halogens is 1. The molecular weight excluding hydrogens is 184 g/mol. The second-order valence-corrected chi connectivity index (χ2v) is 3.27. The molecule has 0 atom stereocenters. The van der Waals surface area contributed by atoms with E-state index in [1.165, 1.54) is 0 Å². The van der Waals surface area contributed by atoms with Gasteiger partial charge in [0.25, 0.3) is 0 Å². The molecule has 1 heterocycles. The number of aromatic nitrogens is 2. The quantitative estimate of drug-likeness (QED) is 0.695. The van der Waals surface area contributed by atoms with Gasteiger partial charge in [-0.25, -0.2) is 9.97 Å². The molecule has 13 heavy (non-hydrogen) atoms. The molecule has 0 spiro atoms. The van der Waals surface area contributed by atoms with Crippen molar-refractivity contribution in [2.75, 3.05) is 0 Å². The minimum Gasteiger partial charge on any atom is -0.241 e. The lowest BCUT2D eigenvalue weighted by Crippen LogP contribution is -1.90. The van der Waals surface area contributed by atoms with Crippen molar-refractivity contribution in [2.24, 2.45) is 0 Å². The summed E-state index contributed by atoms with van der Waals surface area (Å²) in [5.41, 5.74) is 2.00. The Morgan fingerprint density at radius 2 is 2.15 bits per heavy atom. The van der Waals surface area contributed by atoms with Crippen LogP contribution in [0.2, 0.25) is 5.02 Å². The number of hydrogen-bond acceptors (Lipinski definition) is 2. The van der Waals surface area contributed by atoms with Gasteiger partial charge in [0, 0.05) is 10.4 Å². The van der Waals surface area contributed by atoms with Gasteiger partial charge < -0.3 is 0 Å². The molecule has 0 saturated carbocycles. The van der Waals surface area contributed by atoms with Crippen LogP contribution in [0.4, 0.5) is 0 Å². The first-order chi connectivity index (χ1) is 6.31. The lowest BCUT2D eigenvalue weighted by atomic mass is 10.1. The van der Waals surface area contributed by atoms with Crippen molar-refractivity contribution in [1.82, 2.24) is 9.97 Å². The summed E-state index contributed by atoms with van der Waals surface area (Å²) in [4.78, 5) is 8.36. The SMILES string of the molecule is CCc1ncnc2ccc(Cl)cc12. The summed E-state index contributed by atoms with van der Waals surface area (Å²) in [6.07, 6.45) is 2.49. The van der Waals surface area contributed by atoms with Gasteiger partial charge in [0.2, 0.25) is 0 Å². The maximum atomic E-state index is 5.89. The van der Waals surface area contributed by atoms with E-state index < -0.39 is 0 Å². The second kappa shape index (κ2) is 3.30. The van der Waals surface area contributed by atoms with Gasteiger partial charge in [0.05, 0.1) is 11.2 Å². The average molecular weight is 193 g/mol. The molecule has 2 aromatic rings. The Labute approximate surface area is 81.6 Å². The Kier molecular flexibility index (Phi) is 2.15. The van der Waals surface area contributed by atoms with Crippen LogP contribution in [-0.4, -0.2) is 9.97 Å². The predicted molar refractivity (Wildman–Crippen MR) is 53.9 cm³/mol. The number of hydrogen-bond donors (Lipinski definition) is 0. The van der Waals surface area contributed by atoms with Crippen molar-refractivity contribution < 1.29 is 0 Å². The third kappa shape index (κ3) is 1.49. The van der Waals surface area contributed by atoms with E-state index in [0.29, 0.717) is 0 Å². The average Bonchev–Trinajstić information content (AvgIpc) is 2.17. The highest BCUT2D eigenvalue weighted by Crippen LogP contribution is 2.19. The Balaban J connectivity index is 2.79. The van der Waals surface area contributed by atoms with E-state index in [4.69, 9.17) is 11.6 Å². The minimum atomic E-state index is 0.733. The molecule has 1 aromatic carbocycles. The molecule has 0 amide bonds. The summed E-state index contributed by atoms with van der Waals surface area (Å²) in [6, 6.07) is 5.67. The zero-order valence-electron chi connectivity index (χ0n) is 7.29. The molecule has 0 unspecified atom stereocenters. The van der Waals surface area contributed by atoms with Crippen LogP contribution in [0.25, 0.3) is 10.9 Å². The lowest BCUT2D eigenvalue weighted by Gasteiger charge is -2.01. The van der Waals surface area contributed by atoms with Gasteiger partial charge in [-0.15, -0.1) is 0 Å². The van der Waals surface area contributed by atoms with Crippen LogP contribution < -0.4 is 0 Å².